The van der Waals surface area contributed by atoms with E-state index in [0.717, 1.165) is 11.6 Å². The minimum Gasteiger partial charge on any atom is -0.494 e. The maximum Gasteiger partial charge on any atom is 0.266 e. The molecule has 4 heterocycles. The molecule has 0 spiro atoms. The maximum atomic E-state index is 14.6. The number of aryl methyl sites for hydroxylation is 1. The van der Waals surface area contributed by atoms with E-state index in [1.165, 1.54) is 30.6 Å². The third kappa shape index (κ3) is 5.24. The van der Waals surface area contributed by atoms with Crippen LogP contribution in [0.3, 0.4) is 0 Å². The molecule has 2 aliphatic heterocycles. The number of aromatic nitrogens is 4. The Balaban J connectivity index is 1.34. The molecule has 0 bridgehead atoms. The molecule has 2 saturated heterocycles. The van der Waals surface area contributed by atoms with Crippen LogP contribution in [-0.4, -0.2) is 52.5 Å². The van der Waals surface area contributed by atoms with Crippen molar-refractivity contribution in [1.29, 1.82) is 0 Å². The number of hydrogen-bond acceptors (Lipinski definition) is 8. The summed E-state index contributed by atoms with van der Waals surface area (Å²) in [5.41, 5.74) is 2.74. The summed E-state index contributed by atoms with van der Waals surface area (Å²) in [5.74, 6) is -3.51. The van der Waals surface area contributed by atoms with E-state index in [0.29, 0.717) is 47.4 Å². The van der Waals surface area contributed by atoms with Crippen LogP contribution in [0.4, 0.5) is 40.6 Å². The number of nitrogens with one attached hydrogen (secondary N) is 1. The van der Waals surface area contributed by atoms with Crippen molar-refractivity contribution in [3.05, 3.63) is 72.3 Å². The van der Waals surface area contributed by atoms with Crippen LogP contribution in [0.2, 0.25) is 0 Å². The predicted octanol–water partition coefficient (Wildman–Crippen LogP) is 5.64. The summed E-state index contributed by atoms with van der Waals surface area (Å²) in [6.07, 6.45) is 5.01. The SMILES string of the molecule is COc1cc(N2CCC(F)(F)C2)c(-c2cnn(C)c2)cc1Nc1cc(N2OCC[C@@H]2c2cccc(F)c2F)ncn1. The highest BCUT2D eigenvalue weighted by Crippen LogP contribution is 2.43. The average molecular weight is 570 g/mol. The summed E-state index contributed by atoms with van der Waals surface area (Å²) in [4.78, 5) is 16.0. The van der Waals surface area contributed by atoms with Crippen LogP contribution < -0.4 is 20.0 Å². The Hall–Kier alpha value is -4.39. The standard InChI is InChI=1S/C28H27F4N7O2/c1-37-14-17(13-35-37)19-10-21(24(40-2)11-23(19)38-8-7-28(31,32)15-38)36-25-12-26(34-16-33-25)39-22(6-9-41-39)18-4-3-5-20(29)27(18)30/h3-5,10-14,16,22H,6-9,15H2,1-2H3,(H,33,34,36)/t22-/m1/s1. The fraction of sp³-hybridized carbons (Fsp3) is 0.321. The van der Waals surface area contributed by atoms with Gasteiger partial charge in [0.25, 0.3) is 5.92 Å². The van der Waals surface area contributed by atoms with Crippen LogP contribution in [0.15, 0.2) is 55.1 Å². The highest BCUT2D eigenvalue weighted by atomic mass is 19.3. The Labute approximate surface area is 233 Å². The molecule has 0 amide bonds. The van der Waals surface area contributed by atoms with E-state index in [1.54, 1.807) is 41.0 Å². The Kier molecular flexibility index (Phi) is 6.89. The summed E-state index contributed by atoms with van der Waals surface area (Å²) < 4.78 is 64.1. The Morgan fingerprint density at radius 2 is 2.00 bits per heavy atom. The normalized spacial score (nSPS) is 18.2. The lowest BCUT2D eigenvalue weighted by Gasteiger charge is -2.25. The number of methoxy groups -OCH3 is 1. The lowest BCUT2D eigenvalue weighted by Crippen LogP contribution is -2.25. The fourth-order valence-corrected chi connectivity index (χ4v) is 5.26. The number of ether oxygens (including phenoxy) is 1. The summed E-state index contributed by atoms with van der Waals surface area (Å²) >= 11 is 0. The third-order valence-corrected chi connectivity index (χ3v) is 7.23. The minimum absolute atomic E-state index is 0.168. The van der Waals surface area contributed by atoms with Crippen molar-refractivity contribution in [2.24, 2.45) is 7.05 Å². The van der Waals surface area contributed by atoms with Gasteiger partial charge in [0, 0.05) is 67.1 Å². The molecule has 4 aromatic rings. The molecule has 13 heteroatoms. The van der Waals surface area contributed by atoms with Gasteiger partial charge in [-0.1, -0.05) is 12.1 Å². The molecule has 1 N–H and O–H groups in total. The number of hydroxylamine groups is 1. The molecule has 0 saturated carbocycles. The third-order valence-electron chi connectivity index (χ3n) is 7.23. The van der Waals surface area contributed by atoms with Crippen molar-refractivity contribution in [3.8, 4) is 16.9 Å². The lowest BCUT2D eigenvalue weighted by atomic mass is 10.0. The molecule has 0 unspecified atom stereocenters. The number of benzene rings is 2. The van der Waals surface area contributed by atoms with Gasteiger partial charge in [-0.15, -0.1) is 0 Å². The monoisotopic (exact) mass is 569 g/mol. The van der Waals surface area contributed by atoms with Crippen LogP contribution in [0.5, 0.6) is 5.75 Å². The average Bonchev–Trinajstić information content (AvgIpc) is 3.70. The molecule has 2 fully saturated rings. The van der Waals surface area contributed by atoms with Gasteiger partial charge in [0.1, 0.15) is 17.9 Å². The van der Waals surface area contributed by atoms with Crippen molar-refractivity contribution in [3.63, 3.8) is 0 Å². The van der Waals surface area contributed by atoms with Crippen LogP contribution in [0, 0.1) is 11.6 Å². The zero-order valence-electron chi connectivity index (χ0n) is 22.3. The van der Waals surface area contributed by atoms with Gasteiger partial charge in [-0.3, -0.25) is 9.52 Å². The smallest absolute Gasteiger partial charge is 0.266 e. The molecule has 1 atom stereocenters. The first-order valence-electron chi connectivity index (χ1n) is 13.0. The number of anilines is 4. The fourth-order valence-electron chi connectivity index (χ4n) is 5.26. The van der Waals surface area contributed by atoms with Crippen LogP contribution in [-0.2, 0) is 11.9 Å². The second kappa shape index (κ2) is 10.5. The van der Waals surface area contributed by atoms with Gasteiger partial charge in [-0.25, -0.2) is 32.6 Å². The van der Waals surface area contributed by atoms with E-state index >= 15 is 0 Å². The Morgan fingerprint density at radius 3 is 2.73 bits per heavy atom. The molecule has 9 nitrogen and oxygen atoms in total. The molecule has 0 aliphatic carbocycles. The van der Waals surface area contributed by atoms with Crippen molar-refractivity contribution in [2.75, 3.05) is 42.1 Å². The van der Waals surface area contributed by atoms with Gasteiger partial charge >= 0.3 is 0 Å². The molecule has 214 valence electrons. The first-order chi connectivity index (χ1) is 19.7. The molecule has 2 aromatic heterocycles. The quantitative estimate of drug-likeness (QED) is 0.287. The second-order valence-electron chi connectivity index (χ2n) is 9.99. The van der Waals surface area contributed by atoms with Gasteiger partial charge in [-0.2, -0.15) is 5.10 Å². The first kappa shape index (κ1) is 26.8. The van der Waals surface area contributed by atoms with Gasteiger partial charge in [0.05, 0.1) is 38.2 Å². The Morgan fingerprint density at radius 1 is 1.15 bits per heavy atom. The topological polar surface area (TPSA) is 80.6 Å². The van der Waals surface area contributed by atoms with E-state index in [4.69, 9.17) is 9.57 Å². The maximum absolute atomic E-state index is 14.6. The minimum atomic E-state index is -2.78. The molecule has 2 aromatic carbocycles. The molecule has 41 heavy (non-hydrogen) atoms. The van der Waals surface area contributed by atoms with Crippen molar-refractivity contribution in [1.82, 2.24) is 19.7 Å². The zero-order chi connectivity index (χ0) is 28.7. The van der Waals surface area contributed by atoms with Crippen LogP contribution >= 0.6 is 0 Å². The molecular weight excluding hydrogens is 542 g/mol. The lowest BCUT2D eigenvalue weighted by molar-refractivity contribution is 0.0257. The summed E-state index contributed by atoms with van der Waals surface area (Å²) in [6, 6.07) is 8.61. The summed E-state index contributed by atoms with van der Waals surface area (Å²) in [7, 11) is 3.27. The Bertz CT molecular complexity index is 1580. The second-order valence-corrected chi connectivity index (χ2v) is 9.99. The first-order valence-corrected chi connectivity index (χ1v) is 13.0. The summed E-state index contributed by atoms with van der Waals surface area (Å²) in [6.45, 7) is 0.107. The highest BCUT2D eigenvalue weighted by Gasteiger charge is 2.39. The number of rotatable bonds is 7. The zero-order valence-corrected chi connectivity index (χ0v) is 22.3. The number of nitrogens with zero attached hydrogens (tertiary/aromatic N) is 6. The van der Waals surface area contributed by atoms with Crippen molar-refractivity contribution in [2.45, 2.75) is 24.8 Å². The van der Waals surface area contributed by atoms with Gasteiger partial charge in [0.15, 0.2) is 17.5 Å². The van der Waals surface area contributed by atoms with Crippen molar-refractivity contribution < 1.29 is 27.1 Å². The van der Waals surface area contributed by atoms with Gasteiger partial charge in [0.2, 0.25) is 0 Å². The molecular formula is C28H27F4N7O2. The number of hydrogen-bond donors (Lipinski definition) is 1. The molecule has 0 radical (unpaired) electrons. The number of halogens is 4. The van der Waals surface area contributed by atoms with E-state index in [9.17, 15) is 17.6 Å². The van der Waals surface area contributed by atoms with Crippen LogP contribution in [0.1, 0.15) is 24.4 Å². The molecule has 2 aliphatic rings. The van der Waals surface area contributed by atoms with Crippen LogP contribution in [0.25, 0.3) is 11.1 Å². The largest absolute Gasteiger partial charge is 0.494 e. The van der Waals surface area contributed by atoms with E-state index in [2.05, 4.69) is 20.4 Å². The predicted molar refractivity (Wildman–Crippen MR) is 144 cm³/mol. The van der Waals surface area contributed by atoms with Gasteiger partial charge in [-0.05, 0) is 12.1 Å². The van der Waals surface area contributed by atoms with E-state index < -0.39 is 30.1 Å². The van der Waals surface area contributed by atoms with Crippen molar-refractivity contribution >= 4 is 23.0 Å². The highest BCUT2D eigenvalue weighted by molar-refractivity contribution is 5.85. The van der Waals surface area contributed by atoms with E-state index in [1.807, 2.05) is 6.20 Å². The number of alkyl halides is 2. The molecule has 6 rings (SSSR count). The van der Waals surface area contributed by atoms with E-state index in [-0.39, 0.29) is 18.5 Å². The van der Waals surface area contributed by atoms with Gasteiger partial charge < -0.3 is 15.0 Å². The summed E-state index contributed by atoms with van der Waals surface area (Å²) in [5, 5.41) is 8.92.